The van der Waals surface area contributed by atoms with Gasteiger partial charge in [0.05, 0.1) is 7.11 Å². The van der Waals surface area contributed by atoms with Gasteiger partial charge in [-0.05, 0) is 49.7 Å². The molecule has 0 aromatic heterocycles. The van der Waals surface area contributed by atoms with Gasteiger partial charge in [-0.15, -0.1) is 0 Å². The number of nitrogens with zero attached hydrogens (tertiary/aromatic N) is 1. The molecule has 0 amide bonds. The summed E-state index contributed by atoms with van der Waals surface area (Å²) in [5, 5.41) is 16.7. The van der Waals surface area contributed by atoms with Crippen molar-refractivity contribution in [2.75, 3.05) is 26.7 Å². The molecule has 1 aliphatic carbocycles. The van der Waals surface area contributed by atoms with Crippen LogP contribution in [0.25, 0.3) is 0 Å². The van der Waals surface area contributed by atoms with Gasteiger partial charge in [0.1, 0.15) is 11.5 Å². The molecule has 0 saturated heterocycles. The van der Waals surface area contributed by atoms with Gasteiger partial charge in [-0.25, -0.2) is 0 Å². The number of benzene rings is 1. The molecule has 1 aromatic carbocycles. The summed E-state index contributed by atoms with van der Waals surface area (Å²) in [5.74, 6) is 1.81. The highest BCUT2D eigenvalue weighted by Gasteiger charge is 2.34. The van der Waals surface area contributed by atoms with Crippen molar-refractivity contribution >= 4 is 5.96 Å². The minimum absolute atomic E-state index is 0.275. The molecule has 0 aliphatic heterocycles. The largest absolute Gasteiger partial charge is 0.508 e. The molecule has 0 heterocycles. The highest BCUT2D eigenvalue weighted by atomic mass is 16.5. The van der Waals surface area contributed by atoms with E-state index in [1.54, 1.807) is 13.2 Å². The summed E-state index contributed by atoms with van der Waals surface area (Å²) in [6.45, 7) is 6.81. The Morgan fingerprint density at radius 3 is 2.62 bits per heavy atom. The highest BCUT2D eigenvalue weighted by Crippen LogP contribution is 2.43. The molecule has 5 nitrogen and oxygen atoms in total. The van der Waals surface area contributed by atoms with Crippen LogP contribution in [-0.4, -0.2) is 37.8 Å². The van der Waals surface area contributed by atoms with E-state index in [9.17, 15) is 5.11 Å². The number of ether oxygens (including phenoxy) is 1. The number of methoxy groups -OCH3 is 1. The van der Waals surface area contributed by atoms with Gasteiger partial charge in [0.15, 0.2) is 5.96 Å². The molecular weight excluding hydrogens is 302 g/mol. The summed E-state index contributed by atoms with van der Waals surface area (Å²) in [6.07, 6.45) is 5.87. The Morgan fingerprint density at radius 2 is 2.08 bits per heavy atom. The number of phenolic OH excluding ortho intramolecular Hbond substituents is 1. The Labute approximate surface area is 145 Å². The average Bonchev–Trinajstić information content (AvgIpc) is 2.55. The van der Waals surface area contributed by atoms with Gasteiger partial charge < -0.3 is 20.5 Å². The van der Waals surface area contributed by atoms with Crippen molar-refractivity contribution < 1.29 is 9.84 Å². The number of guanidine groups is 1. The van der Waals surface area contributed by atoms with Crippen LogP contribution in [0.15, 0.2) is 23.2 Å². The van der Waals surface area contributed by atoms with E-state index in [1.807, 2.05) is 12.1 Å². The zero-order valence-corrected chi connectivity index (χ0v) is 15.2. The first-order chi connectivity index (χ1) is 11.6. The van der Waals surface area contributed by atoms with Crippen molar-refractivity contribution in [3.05, 3.63) is 23.8 Å². The van der Waals surface area contributed by atoms with Crippen LogP contribution in [0.5, 0.6) is 11.5 Å². The molecule has 3 N–H and O–H groups in total. The maximum Gasteiger partial charge on any atom is 0.191 e. The predicted molar refractivity (Wildman–Crippen MR) is 98.9 cm³/mol. The topological polar surface area (TPSA) is 65.9 Å². The van der Waals surface area contributed by atoms with Gasteiger partial charge >= 0.3 is 0 Å². The summed E-state index contributed by atoms with van der Waals surface area (Å²) < 4.78 is 5.11. The van der Waals surface area contributed by atoms with Crippen molar-refractivity contribution in [2.45, 2.75) is 46.0 Å². The number of rotatable bonds is 8. The predicted octanol–water partition coefficient (Wildman–Crippen LogP) is 3.08. The highest BCUT2D eigenvalue weighted by molar-refractivity contribution is 5.79. The fourth-order valence-corrected chi connectivity index (χ4v) is 3.09. The van der Waals surface area contributed by atoms with E-state index in [2.05, 4.69) is 24.5 Å². The molecular formula is C19H31N3O2. The second-order valence-electron chi connectivity index (χ2n) is 6.57. The summed E-state index contributed by atoms with van der Waals surface area (Å²) in [4.78, 5) is 4.77. The first-order valence-corrected chi connectivity index (χ1v) is 9.00. The number of phenols is 1. The average molecular weight is 333 g/mol. The monoisotopic (exact) mass is 333 g/mol. The second-order valence-corrected chi connectivity index (χ2v) is 6.57. The molecule has 0 atom stereocenters. The van der Waals surface area contributed by atoms with Gasteiger partial charge in [0.2, 0.25) is 0 Å². The Kier molecular flexibility index (Phi) is 6.76. The van der Waals surface area contributed by atoms with Crippen molar-refractivity contribution in [1.29, 1.82) is 0 Å². The van der Waals surface area contributed by atoms with Crippen molar-refractivity contribution in [3.8, 4) is 11.5 Å². The lowest BCUT2D eigenvalue weighted by atomic mass is 9.67. The molecule has 2 rings (SSSR count). The van der Waals surface area contributed by atoms with Crippen LogP contribution in [0.3, 0.4) is 0 Å². The third kappa shape index (κ3) is 4.79. The van der Waals surface area contributed by atoms with Crippen molar-refractivity contribution in [2.24, 2.45) is 10.4 Å². The van der Waals surface area contributed by atoms with Crippen LogP contribution in [0, 0.1) is 5.41 Å². The molecule has 1 aromatic rings. The van der Waals surface area contributed by atoms with Crippen LogP contribution in [0.4, 0.5) is 0 Å². The summed E-state index contributed by atoms with van der Waals surface area (Å²) in [7, 11) is 1.60. The van der Waals surface area contributed by atoms with Gasteiger partial charge in [-0.1, -0.05) is 19.4 Å². The van der Waals surface area contributed by atoms with Crippen LogP contribution < -0.4 is 15.4 Å². The van der Waals surface area contributed by atoms with Crippen molar-refractivity contribution in [3.63, 3.8) is 0 Å². The summed E-state index contributed by atoms with van der Waals surface area (Å²) in [5.41, 5.74) is 1.33. The van der Waals surface area contributed by atoms with Crippen molar-refractivity contribution in [1.82, 2.24) is 10.6 Å². The van der Waals surface area contributed by atoms with Gasteiger partial charge in [0.25, 0.3) is 0 Å². The second kappa shape index (κ2) is 8.81. The Hall–Kier alpha value is -1.91. The fourth-order valence-electron chi connectivity index (χ4n) is 3.09. The number of nitrogens with one attached hydrogen (secondary N) is 2. The molecule has 24 heavy (non-hydrogen) atoms. The molecule has 0 unspecified atom stereocenters. The number of aromatic hydroxyl groups is 1. The van der Waals surface area contributed by atoms with E-state index in [4.69, 9.17) is 9.73 Å². The maximum absolute atomic E-state index is 10.0. The van der Waals surface area contributed by atoms with Gasteiger partial charge in [-0.2, -0.15) is 0 Å². The minimum atomic E-state index is 0.275. The van der Waals surface area contributed by atoms with Crippen LogP contribution >= 0.6 is 0 Å². The maximum atomic E-state index is 10.0. The third-order valence-electron chi connectivity index (χ3n) is 5.06. The molecule has 1 fully saturated rings. The Bertz CT molecular complexity index is 548. The molecule has 0 radical (unpaired) electrons. The molecule has 134 valence electrons. The lowest BCUT2D eigenvalue weighted by molar-refractivity contribution is 0.139. The Balaban J connectivity index is 1.87. The normalized spacial score (nSPS) is 16.4. The summed E-state index contributed by atoms with van der Waals surface area (Å²) >= 11 is 0. The number of hydrogen-bond acceptors (Lipinski definition) is 3. The number of hydrogen-bond donors (Lipinski definition) is 3. The third-order valence-corrected chi connectivity index (χ3v) is 5.06. The van der Waals surface area contributed by atoms with E-state index in [-0.39, 0.29) is 5.75 Å². The standard InChI is InChI=1S/C19H31N3O2/c1-4-19(10-6-11-19)14-22-18(20-5-2)21-12-9-15-7-8-16(24-3)13-17(15)23/h7-8,13,23H,4-6,9-12,14H2,1-3H3,(H2,20,21,22). The molecule has 1 aliphatic rings. The first kappa shape index (κ1) is 18.4. The van der Waals surface area contributed by atoms with Crippen LogP contribution in [0.1, 0.15) is 45.1 Å². The summed E-state index contributed by atoms with van der Waals surface area (Å²) in [6, 6.07) is 5.42. The van der Waals surface area contributed by atoms with E-state index < -0.39 is 0 Å². The minimum Gasteiger partial charge on any atom is -0.508 e. The fraction of sp³-hybridized carbons (Fsp3) is 0.632. The van der Waals surface area contributed by atoms with E-state index in [0.717, 1.165) is 37.6 Å². The number of aliphatic imine (C=N–C) groups is 1. The lowest BCUT2D eigenvalue weighted by Gasteiger charge is -2.40. The Morgan fingerprint density at radius 1 is 1.29 bits per heavy atom. The lowest BCUT2D eigenvalue weighted by Crippen LogP contribution is -2.40. The zero-order chi connectivity index (χ0) is 17.4. The zero-order valence-electron chi connectivity index (χ0n) is 15.2. The van der Waals surface area contributed by atoms with Crippen LogP contribution in [-0.2, 0) is 6.42 Å². The molecule has 1 saturated carbocycles. The molecule has 0 spiro atoms. The van der Waals surface area contributed by atoms with E-state index in [0.29, 0.717) is 11.2 Å². The van der Waals surface area contributed by atoms with Gasteiger partial charge in [-0.3, -0.25) is 4.99 Å². The first-order valence-electron chi connectivity index (χ1n) is 9.00. The van der Waals surface area contributed by atoms with E-state index >= 15 is 0 Å². The van der Waals surface area contributed by atoms with Crippen LogP contribution in [0.2, 0.25) is 0 Å². The smallest absolute Gasteiger partial charge is 0.191 e. The molecule has 0 bridgehead atoms. The quantitative estimate of drug-likeness (QED) is 0.505. The van der Waals surface area contributed by atoms with Gasteiger partial charge in [0, 0.05) is 25.7 Å². The molecule has 5 heteroatoms. The SMILES string of the molecule is CCNC(=NCC1(CC)CCC1)NCCc1ccc(OC)cc1O. The van der Waals surface area contributed by atoms with E-state index in [1.165, 1.54) is 25.7 Å².